The third-order valence-electron chi connectivity index (χ3n) is 9.40. The van der Waals surface area contributed by atoms with Gasteiger partial charge in [-0.25, -0.2) is 0 Å². The maximum absolute atomic E-state index is 12.8. The van der Waals surface area contributed by atoms with E-state index in [0.717, 1.165) is 44.9 Å². The molecule has 0 spiro atoms. The summed E-state index contributed by atoms with van der Waals surface area (Å²) in [6.07, 6.45) is 9.81. The third-order valence-corrected chi connectivity index (χ3v) is 9.40. The van der Waals surface area contributed by atoms with Gasteiger partial charge in [-0.15, -0.1) is 0 Å². The summed E-state index contributed by atoms with van der Waals surface area (Å²) in [6.45, 7) is 9.11. The summed E-state index contributed by atoms with van der Waals surface area (Å²) in [6, 6.07) is 0. The van der Waals surface area contributed by atoms with E-state index >= 15 is 0 Å². The fraction of sp³-hybridized carbons (Fsp3) is 0.800. The molecule has 0 saturated heterocycles. The Kier molecular flexibility index (Phi) is 5.18. The van der Waals surface area contributed by atoms with E-state index in [1.54, 1.807) is 6.92 Å². The third kappa shape index (κ3) is 2.98. The highest BCUT2D eigenvalue weighted by Crippen LogP contribution is 2.68. The first kappa shape index (κ1) is 21.6. The molecule has 5 heteroatoms. The molecule has 0 amide bonds. The molecular weight excluding hydrogens is 380 g/mol. The van der Waals surface area contributed by atoms with E-state index in [1.165, 1.54) is 19.4 Å². The molecule has 0 aromatic rings. The monoisotopic (exact) mass is 416 g/mol. The van der Waals surface area contributed by atoms with E-state index in [4.69, 9.17) is 9.47 Å². The van der Waals surface area contributed by atoms with Gasteiger partial charge in [0.1, 0.15) is 6.10 Å². The zero-order valence-corrected chi connectivity index (χ0v) is 19.1. The number of esters is 2. The highest BCUT2D eigenvalue weighted by Gasteiger charge is 2.67. The van der Waals surface area contributed by atoms with Crippen LogP contribution in [0.25, 0.3) is 0 Å². The van der Waals surface area contributed by atoms with Crippen molar-refractivity contribution in [3.63, 3.8) is 0 Å². The van der Waals surface area contributed by atoms with Crippen molar-refractivity contribution in [1.29, 1.82) is 0 Å². The van der Waals surface area contributed by atoms with Crippen LogP contribution in [-0.4, -0.2) is 29.4 Å². The van der Waals surface area contributed by atoms with Gasteiger partial charge in [0.15, 0.2) is 11.4 Å². The maximum atomic E-state index is 12.8. The predicted octanol–water partition coefficient (Wildman–Crippen LogP) is 4.77. The molecule has 0 bridgehead atoms. The minimum atomic E-state index is -0.966. The van der Waals surface area contributed by atoms with Crippen LogP contribution in [0.1, 0.15) is 86.0 Å². The number of hydrogen-bond donors (Lipinski definition) is 0. The number of carbonyl (C=O) groups excluding carboxylic acids is 3. The molecule has 4 aliphatic carbocycles. The lowest BCUT2D eigenvalue weighted by Crippen LogP contribution is -2.58. The van der Waals surface area contributed by atoms with Crippen LogP contribution in [0.5, 0.6) is 0 Å². The van der Waals surface area contributed by atoms with Gasteiger partial charge in [0, 0.05) is 25.7 Å². The Morgan fingerprint density at radius 3 is 2.27 bits per heavy atom. The van der Waals surface area contributed by atoms with Crippen molar-refractivity contribution in [2.24, 2.45) is 28.6 Å². The second-order valence-corrected chi connectivity index (χ2v) is 10.7. The van der Waals surface area contributed by atoms with Gasteiger partial charge in [-0.2, -0.15) is 0 Å². The highest BCUT2D eigenvalue weighted by atomic mass is 16.6. The lowest BCUT2D eigenvalue weighted by molar-refractivity contribution is -0.186. The molecule has 0 N–H and O–H groups in total. The van der Waals surface area contributed by atoms with Crippen molar-refractivity contribution >= 4 is 17.7 Å². The smallest absolute Gasteiger partial charge is 0.303 e. The summed E-state index contributed by atoms with van der Waals surface area (Å²) in [7, 11) is 0. The normalized spacial score (nSPS) is 44.8. The lowest BCUT2D eigenvalue weighted by atomic mass is 9.46. The molecule has 0 aromatic heterocycles. The van der Waals surface area contributed by atoms with Crippen molar-refractivity contribution < 1.29 is 23.9 Å². The van der Waals surface area contributed by atoms with Crippen LogP contribution in [0.4, 0.5) is 0 Å². The molecule has 4 aliphatic rings. The average Bonchev–Trinajstić information content (AvgIpc) is 2.94. The lowest BCUT2D eigenvalue weighted by Gasteiger charge is -2.59. The van der Waals surface area contributed by atoms with Gasteiger partial charge in [0.2, 0.25) is 0 Å². The quantitative estimate of drug-likeness (QED) is 0.489. The maximum Gasteiger partial charge on any atom is 0.303 e. The number of Topliss-reactive ketones (excluding diaryl/α,β-unsaturated/α-hetero) is 1. The molecule has 4 rings (SSSR count). The molecule has 0 heterocycles. The summed E-state index contributed by atoms with van der Waals surface area (Å²) in [4.78, 5) is 36.2. The zero-order valence-electron chi connectivity index (χ0n) is 19.1. The van der Waals surface area contributed by atoms with Crippen LogP contribution >= 0.6 is 0 Å². The second-order valence-electron chi connectivity index (χ2n) is 10.7. The number of fused-ring (bicyclic) bond motifs is 5. The summed E-state index contributed by atoms with van der Waals surface area (Å²) in [5.74, 6) is 0.939. The Morgan fingerprint density at radius 2 is 1.63 bits per heavy atom. The van der Waals surface area contributed by atoms with E-state index in [-0.39, 0.29) is 34.7 Å². The van der Waals surface area contributed by atoms with Gasteiger partial charge in [0.25, 0.3) is 0 Å². The Labute approximate surface area is 179 Å². The number of allylic oxidation sites excluding steroid dienone is 1. The number of rotatable bonds is 3. The van der Waals surface area contributed by atoms with Crippen molar-refractivity contribution in [3.05, 3.63) is 11.6 Å². The molecule has 5 nitrogen and oxygen atoms in total. The van der Waals surface area contributed by atoms with E-state index in [2.05, 4.69) is 19.9 Å². The molecule has 0 aromatic carbocycles. The molecule has 166 valence electrons. The largest absolute Gasteiger partial charge is 0.462 e. The fourth-order valence-electron chi connectivity index (χ4n) is 8.02. The first-order valence-corrected chi connectivity index (χ1v) is 11.6. The van der Waals surface area contributed by atoms with Gasteiger partial charge in [0.05, 0.1) is 0 Å². The Morgan fingerprint density at radius 1 is 0.933 bits per heavy atom. The van der Waals surface area contributed by atoms with Crippen molar-refractivity contribution in [1.82, 2.24) is 0 Å². The standard InChI is InChI=1S/C25H36O5/c1-15(26)25(30-17(3)28)13-10-22-20-7-6-18-14-19(29-16(2)27)8-11-23(18,4)21(20)9-12-24(22,25)5/h6,19-22H,7-14H2,1-5H3/t19-,20-,21+,22-,23-,24+,25+/m1/s1. The minimum absolute atomic E-state index is 0.00120. The highest BCUT2D eigenvalue weighted by molar-refractivity contribution is 5.89. The number of carbonyl (C=O) groups is 3. The molecule has 30 heavy (non-hydrogen) atoms. The molecule has 7 atom stereocenters. The molecule has 3 fully saturated rings. The first-order chi connectivity index (χ1) is 14.0. The van der Waals surface area contributed by atoms with Crippen LogP contribution < -0.4 is 0 Å². The van der Waals surface area contributed by atoms with Crippen LogP contribution in [0.3, 0.4) is 0 Å². The van der Waals surface area contributed by atoms with Crippen molar-refractivity contribution in [2.45, 2.75) is 97.7 Å². The summed E-state index contributed by atoms with van der Waals surface area (Å²) >= 11 is 0. The average molecular weight is 417 g/mol. The first-order valence-electron chi connectivity index (χ1n) is 11.6. The molecule has 0 aliphatic heterocycles. The van der Waals surface area contributed by atoms with Gasteiger partial charge in [-0.05, 0) is 75.0 Å². The Bertz CT molecular complexity index is 799. The molecule has 3 saturated carbocycles. The van der Waals surface area contributed by atoms with Gasteiger partial charge in [-0.1, -0.05) is 25.5 Å². The summed E-state index contributed by atoms with van der Waals surface area (Å²) in [5, 5.41) is 0. The van der Waals surface area contributed by atoms with E-state index in [1.807, 2.05) is 0 Å². The van der Waals surface area contributed by atoms with Crippen molar-refractivity contribution in [2.75, 3.05) is 0 Å². The van der Waals surface area contributed by atoms with Crippen LogP contribution in [-0.2, 0) is 23.9 Å². The zero-order chi connectivity index (χ0) is 21.9. The van der Waals surface area contributed by atoms with Gasteiger partial charge >= 0.3 is 11.9 Å². The Hall–Kier alpha value is -1.65. The SMILES string of the molecule is CC(=O)O[C@@H]1CC[C@]2(C)C(=CC[C@H]3[C@H]4CC[C@](OC(C)=O)(C(C)=O)[C@@]4(C)CC[C@@H]32)C1. The Balaban J connectivity index is 1.63. The van der Waals surface area contributed by atoms with Crippen LogP contribution in [0, 0.1) is 28.6 Å². The fourth-order valence-corrected chi connectivity index (χ4v) is 8.02. The van der Waals surface area contributed by atoms with Crippen LogP contribution in [0.2, 0.25) is 0 Å². The van der Waals surface area contributed by atoms with Gasteiger partial charge < -0.3 is 9.47 Å². The second kappa shape index (κ2) is 7.20. The van der Waals surface area contributed by atoms with E-state index < -0.39 is 5.60 Å². The van der Waals surface area contributed by atoms with Crippen molar-refractivity contribution in [3.8, 4) is 0 Å². The van der Waals surface area contributed by atoms with E-state index in [0.29, 0.717) is 24.2 Å². The molecule has 0 radical (unpaired) electrons. The van der Waals surface area contributed by atoms with Crippen LogP contribution in [0.15, 0.2) is 11.6 Å². The summed E-state index contributed by atoms with van der Waals surface area (Å²) < 4.78 is 11.4. The number of ketones is 1. The van der Waals surface area contributed by atoms with Gasteiger partial charge in [-0.3, -0.25) is 14.4 Å². The molecule has 0 unspecified atom stereocenters. The number of hydrogen-bond acceptors (Lipinski definition) is 5. The minimum Gasteiger partial charge on any atom is -0.462 e. The molecular formula is C25H36O5. The predicted molar refractivity (Wildman–Crippen MR) is 112 cm³/mol. The number of ether oxygens (including phenoxy) is 2. The topological polar surface area (TPSA) is 69.7 Å². The summed E-state index contributed by atoms with van der Waals surface area (Å²) in [5.41, 5.74) is 0.346. The van der Waals surface area contributed by atoms with E-state index in [9.17, 15) is 14.4 Å².